The summed E-state index contributed by atoms with van der Waals surface area (Å²) in [5.41, 5.74) is 1.07. The van der Waals surface area contributed by atoms with Gasteiger partial charge in [0.15, 0.2) is 0 Å². The van der Waals surface area contributed by atoms with Gasteiger partial charge in [-0.1, -0.05) is 30.3 Å². The summed E-state index contributed by atoms with van der Waals surface area (Å²) in [6, 6.07) is 14.6. The summed E-state index contributed by atoms with van der Waals surface area (Å²) < 4.78 is 2.84. The SMILES string of the molecule is Brc1cnn(-c2ccc3ccccc3c2)c1. The van der Waals surface area contributed by atoms with Crippen LogP contribution in [0.5, 0.6) is 0 Å². The van der Waals surface area contributed by atoms with Gasteiger partial charge >= 0.3 is 0 Å². The molecule has 0 fully saturated rings. The van der Waals surface area contributed by atoms with Crippen LogP contribution in [-0.2, 0) is 0 Å². The molecule has 0 bridgehead atoms. The quantitative estimate of drug-likeness (QED) is 0.659. The van der Waals surface area contributed by atoms with E-state index >= 15 is 0 Å². The molecule has 0 N–H and O–H groups in total. The van der Waals surface area contributed by atoms with Crippen molar-refractivity contribution in [3.8, 4) is 5.69 Å². The monoisotopic (exact) mass is 272 g/mol. The Kier molecular flexibility index (Phi) is 2.26. The van der Waals surface area contributed by atoms with Crippen molar-refractivity contribution in [3.05, 3.63) is 59.3 Å². The highest BCUT2D eigenvalue weighted by Gasteiger charge is 1.99. The fraction of sp³-hybridized carbons (Fsp3) is 0. The molecule has 0 aliphatic heterocycles. The van der Waals surface area contributed by atoms with E-state index in [1.165, 1.54) is 10.8 Å². The first kappa shape index (κ1) is 9.60. The van der Waals surface area contributed by atoms with E-state index in [2.05, 4.69) is 51.4 Å². The number of fused-ring (bicyclic) bond motifs is 1. The highest BCUT2D eigenvalue weighted by molar-refractivity contribution is 9.10. The molecule has 0 unspecified atom stereocenters. The van der Waals surface area contributed by atoms with Gasteiger partial charge in [0.1, 0.15) is 0 Å². The van der Waals surface area contributed by atoms with Gasteiger partial charge in [-0.15, -0.1) is 0 Å². The molecule has 0 saturated heterocycles. The zero-order chi connectivity index (χ0) is 11.0. The van der Waals surface area contributed by atoms with Gasteiger partial charge in [-0.05, 0) is 38.8 Å². The third-order valence-corrected chi connectivity index (χ3v) is 2.96. The lowest BCUT2D eigenvalue weighted by Gasteiger charge is -2.03. The van der Waals surface area contributed by atoms with Gasteiger partial charge in [-0.3, -0.25) is 0 Å². The molecule has 2 aromatic carbocycles. The maximum atomic E-state index is 4.26. The summed E-state index contributed by atoms with van der Waals surface area (Å²) in [6.45, 7) is 0. The van der Waals surface area contributed by atoms with Gasteiger partial charge in [-0.2, -0.15) is 5.10 Å². The minimum atomic E-state index is 0.987. The van der Waals surface area contributed by atoms with E-state index in [-0.39, 0.29) is 0 Å². The predicted octanol–water partition coefficient (Wildman–Crippen LogP) is 3.79. The first-order valence-corrected chi connectivity index (χ1v) is 5.81. The molecular weight excluding hydrogens is 264 g/mol. The first-order chi connectivity index (χ1) is 7.83. The van der Waals surface area contributed by atoms with Crippen molar-refractivity contribution < 1.29 is 0 Å². The van der Waals surface area contributed by atoms with Crippen molar-refractivity contribution in [1.29, 1.82) is 0 Å². The van der Waals surface area contributed by atoms with Gasteiger partial charge in [0, 0.05) is 6.20 Å². The minimum Gasteiger partial charge on any atom is -0.240 e. The van der Waals surface area contributed by atoms with Gasteiger partial charge < -0.3 is 0 Å². The Labute approximate surface area is 102 Å². The highest BCUT2D eigenvalue weighted by atomic mass is 79.9. The number of rotatable bonds is 1. The number of benzene rings is 2. The summed E-state index contributed by atoms with van der Waals surface area (Å²) in [5.74, 6) is 0. The molecule has 3 heteroatoms. The van der Waals surface area contributed by atoms with E-state index in [9.17, 15) is 0 Å². The van der Waals surface area contributed by atoms with Crippen molar-refractivity contribution in [2.45, 2.75) is 0 Å². The molecule has 1 aromatic heterocycles. The summed E-state index contributed by atoms with van der Waals surface area (Å²) in [7, 11) is 0. The van der Waals surface area contributed by atoms with E-state index < -0.39 is 0 Å². The van der Waals surface area contributed by atoms with E-state index in [0.717, 1.165) is 10.2 Å². The third-order valence-electron chi connectivity index (χ3n) is 2.55. The van der Waals surface area contributed by atoms with Gasteiger partial charge in [0.2, 0.25) is 0 Å². The van der Waals surface area contributed by atoms with Crippen LogP contribution in [0.25, 0.3) is 16.5 Å². The minimum absolute atomic E-state index is 0.987. The lowest BCUT2D eigenvalue weighted by atomic mass is 10.1. The third kappa shape index (κ3) is 1.63. The molecule has 0 aliphatic carbocycles. The van der Waals surface area contributed by atoms with Gasteiger partial charge in [0.05, 0.1) is 16.4 Å². The molecule has 16 heavy (non-hydrogen) atoms. The number of hydrogen-bond acceptors (Lipinski definition) is 1. The normalized spacial score (nSPS) is 10.8. The molecular formula is C13H9BrN2. The fourth-order valence-corrected chi connectivity index (χ4v) is 2.05. The van der Waals surface area contributed by atoms with E-state index in [0.29, 0.717) is 0 Å². The molecule has 2 nitrogen and oxygen atoms in total. The van der Waals surface area contributed by atoms with Crippen LogP contribution < -0.4 is 0 Å². The molecule has 0 aliphatic rings. The average molecular weight is 273 g/mol. The van der Waals surface area contributed by atoms with Crippen LogP contribution in [0.3, 0.4) is 0 Å². The molecule has 3 rings (SSSR count). The summed E-state index contributed by atoms with van der Waals surface area (Å²) >= 11 is 3.40. The lowest BCUT2D eigenvalue weighted by molar-refractivity contribution is 0.882. The topological polar surface area (TPSA) is 17.8 Å². The van der Waals surface area contributed by atoms with Crippen LogP contribution >= 0.6 is 15.9 Å². The second-order valence-corrected chi connectivity index (χ2v) is 4.55. The molecule has 0 amide bonds. The summed E-state index contributed by atoms with van der Waals surface area (Å²) in [4.78, 5) is 0. The van der Waals surface area contributed by atoms with Crippen molar-refractivity contribution in [1.82, 2.24) is 9.78 Å². The Hall–Kier alpha value is -1.61. The Morgan fingerprint density at radius 2 is 1.81 bits per heavy atom. The second-order valence-electron chi connectivity index (χ2n) is 3.63. The second kappa shape index (κ2) is 3.76. The van der Waals surface area contributed by atoms with E-state index in [1.807, 2.05) is 23.0 Å². The van der Waals surface area contributed by atoms with Crippen LogP contribution in [0.4, 0.5) is 0 Å². The van der Waals surface area contributed by atoms with Crippen LogP contribution in [0.2, 0.25) is 0 Å². The van der Waals surface area contributed by atoms with Crippen molar-refractivity contribution in [2.75, 3.05) is 0 Å². The number of halogens is 1. The Bertz CT molecular complexity index is 643. The van der Waals surface area contributed by atoms with Crippen molar-refractivity contribution in [3.63, 3.8) is 0 Å². The summed E-state index contributed by atoms with van der Waals surface area (Å²) in [6.07, 6.45) is 3.74. The maximum Gasteiger partial charge on any atom is 0.0652 e. The summed E-state index contributed by atoms with van der Waals surface area (Å²) in [5, 5.41) is 6.74. The molecule has 0 radical (unpaired) electrons. The zero-order valence-corrected chi connectivity index (χ0v) is 10.1. The van der Waals surface area contributed by atoms with Crippen molar-refractivity contribution >= 4 is 26.7 Å². The van der Waals surface area contributed by atoms with E-state index in [1.54, 1.807) is 6.20 Å². The predicted molar refractivity (Wildman–Crippen MR) is 68.8 cm³/mol. The largest absolute Gasteiger partial charge is 0.240 e. The molecule has 1 heterocycles. The van der Waals surface area contributed by atoms with Crippen LogP contribution in [-0.4, -0.2) is 9.78 Å². The Morgan fingerprint density at radius 1 is 1.00 bits per heavy atom. The molecule has 3 aromatic rings. The molecule has 0 atom stereocenters. The van der Waals surface area contributed by atoms with Gasteiger partial charge in [0.25, 0.3) is 0 Å². The van der Waals surface area contributed by atoms with Crippen LogP contribution in [0, 0.1) is 0 Å². The Morgan fingerprint density at radius 3 is 2.56 bits per heavy atom. The van der Waals surface area contributed by atoms with Gasteiger partial charge in [-0.25, -0.2) is 4.68 Å². The first-order valence-electron chi connectivity index (χ1n) is 5.02. The average Bonchev–Trinajstić information content (AvgIpc) is 2.75. The smallest absolute Gasteiger partial charge is 0.0652 e. The molecule has 0 saturated carbocycles. The molecule has 78 valence electrons. The Balaban J connectivity index is 2.18. The van der Waals surface area contributed by atoms with Crippen molar-refractivity contribution in [2.24, 2.45) is 0 Å². The molecule has 0 spiro atoms. The number of aromatic nitrogens is 2. The highest BCUT2D eigenvalue weighted by Crippen LogP contribution is 2.19. The zero-order valence-electron chi connectivity index (χ0n) is 8.47. The lowest BCUT2D eigenvalue weighted by Crippen LogP contribution is -1.93. The number of nitrogens with zero attached hydrogens (tertiary/aromatic N) is 2. The van der Waals surface area contributed by atoms with Crippen LogP contribution in [0.15, 0.2) is 59.3 Å². The number of hydrogen-bond donors (Lipinski definition) is 0. The standard InChI is InChI=1S/C13H9BrN2/c14-12-8-15-16(9-12)13-6-5-10-3-1-2-4-11(10)7-13/h1-9H. The van der Waals surface area contributed by atoms with E-state index in [4.69, 9.17) is 0 Å². The van der Waals surface area contributed by atoms with Crippen LogP contribution in [0.1, 0.15) is 0 Å². The maximum absolute atomic E-state index is 4.26. The fourth-order valence-electron chi connectivity index (χ4n) is 1.76.